The Bertz CT molecular complexity index is 1120. The first-order valence-corrected chi connectivity index (χ1v) is 13.2. The number of ether oxygens (including phenoxy) is 1. The molecule has 5 nitrogen and oxygen atoms in total. The molecule has 0 bridgehead atoms. The van der Waals surface area contributed by atoms with E-state index >= 15 is 0 Å². The molecule has 0 saturated carbocycles. The van der Waals surface area contributed by atoms with Crippen LogP contribution in [0.25, 0.3) is 0 Å². The summed E-state index contributed by atoms with van der Waals surface area (Å²) in [5.41, 5.74) is 1.76. The third-order valence-corrected chi connectivity index (χ3v) is 8.20. The molecule has 0 aliphatic carbocycles. The number of sulfonamides is 1. The van der Waals surface area contributed by atoms with Crippen LogP contribution in [0, 0.1) is 12.3 Å². The minimum atomic E-state index is -3.89. The molecular formula is C24H27BrClNO4S. The summed E-state index contributed by atoms with van der Waals surface area (Å²) in [4.78, 5) is 12.1. The molecule has 2 unspecified atom stereocenters. The highest BCUT2D eigenvalue weighted by atomic mass is 79.9. The van der Waals surface area contributed by atoms with Crippen molar-refractivity contribution in [2.75, 3.05) is 11.9 Å². The Morgan fingerprint density at radius 3 is 2.31 bits per heavy atom. The lowest BCUT2D eigenvalue weighted by molar-refractivity contribution is -0.139. The van der Waals surface area contributed by atoms with E-state index in [-0.39, 0.29) is 16.8 Å². The number of nitrogens with zero attached hydrogens (tertiary/aromatic N) is 1. The topological polar surface area (TPSA) is 63.7 Å². The van der Waals surface area contributed by atoms with Crippen molar-refractivity contribution in [2.45, 2.75) is 44.7 Å². The zero-order chi connectivity index (χ0) is 23.7. The van der Waals surface area contributed by atoms with Crippen molar-refractivity contribution < 1.29 is 17.9 Å². The lowest BCUT2D eigenvalue weighted by atomic mass is 9.87. The fourth-order valence-electron chi connectivity index (χ4n) is 3.91. The van der Waals surface area contributed by atoms with E-state index in [1.54, 1.807) is 41.6 Å². The van der Waals surface area contributed by atoms with Gasteiger partial charge in [-0.1, -0.05) is 84.7 Å². The van der Waals surface area contributed by atoms with Crippen LogP contribution in [0.2, 0.25) is 5.02 Å². The Labute approximate surface area is 203 Å². The van der Waals surface area contributed by atoms with Gasteiger partial charge in [0.1, 0.15) is 11.9 Å². The van der Waals surface area contributed by atoms with Crippen LogP contribution in [0.3, 0.4) is 0 Å². The van der Waals surface area contributed by atoms with Gasteiger partial charge in [-0.2, -0.15) is 4.31 Å². The van der Waals surface area contributed by atoms with Gasteiger partial charge in [-0.25, -0.2) is 8.42 Å². The van der Waals surface area contributed by atoms with Crippen molar-refractivity contribution in [3.63, 3.8) is 0 Å². The maximum atomic E-state index is 14.1. The minimum absolute atomic E-state index is 0.00407. The highest BCUT2D eigenvalue weighted by molar-refractivity contribution is 9.09. The third-order valence-electron chi connectivity index (χ3n) is 5.48. The molecule has 32 heavy (non-hydrogen) atoms. The summed E-state index contributed by atoms with van der Waals surface area (Å²) in [5.74, 6) is -0.409. The molecule has 2 atom stereocenters. The third kappa shape index (κ3) is 5.11. The van der Waals surface area contributed by atoms with Gasteiger partial charge in [-0.15, -0.1) is 0 Å². The minimum Gasteiger partial charge on any atom is -0.460 e. The maximum Gasteiger partial charge on any atom is 0.316 e. The van der Waals surface area contributed by atoms with Crippen LogP contribution in [0.4, 0.5) is 0 Å². The number of hydrogen-bond acceptors (Lipinski definition) is 4. The summed E-state index contributed by atoms with van der Waals surface area (Å²) in [6.07, 6.45) is 1.93. The number of carbonyl (C=O) groups excluding carboxylic acids is 1. The van der Waals surface area contributed by atoms with Gasteiger partial charge >= 0.3 is 5.97 Å². The number of esters is 1. The first kappa shape index (κ1) is 25.0. The molecule has 1 aliphatic rings. The van der Waals surface area contributed by atoms with Crippen molar-refractivity contribution in [2.24, 2.45) is 5.41 Å². The van der Waals surface area contributed by atoms with Crippen molar-refractivity contribution >= 4 is 43.5 Å². The molecule has 0 saturated heterocycles. The fourth-order valence-corrected chi connectivity index (χ4v) is 6.36. The SMILES string of the molecule is Cc1ccccc1S(=O)(=O)N1C(c2ccc(Cl)cc2)C(COC(=O)CBr)=CC1C(C)(C)C. The van der Waals surface area contributed by atoms with Crippen LogP contribution in [0.1, 0.15) is 37.9 Å². The number of rotatable bonds is 6. The standard InChI is InChI=1S/C24H27BrClNO4S/c1-16-7-5-6-8-20(16)32(29,30)27-21(24(2,3)4)13-18(15-31-22(28)14-25)23(27)17-9-11-19(26)12-10-17/h5-13,21,23H,14-15H2,1-4H3. The molecular weight excluding hydrogens is 514 g/mol. The molecule has 1 aliphatic heterocycles. The summed E-state index contributed by atoms with van der Waals surface area (Å²) in [5, 5.41) is 0.628. The number of halogens is 2. The summed E-state index contributed by atoms with van der Waals surface area (Å²) in [7, 11) is -3.89. The van der Waals surface area contributed by atoms with Crippen molar-refractivity contribution in [1.29, 1.82) is 0 Å². The Balaban J connectivity index is 2.19. The number of benzene rings is 2. The first-order valence-electron chi connectivity index (χ1n) is 10.2. The average Bonchev–Trinajstić information content (AvgIpc) is 3.13. The molecule has 1 heterocycles. The summed E-state index contributed by atoms with van der Waals surface area (Å²) in [6, 6.07) is 13.0. The number of alkyl halides is 1. The molecule has 0 radical (unpaired) electrons. The molecule has 8 heteroatoms. The smallest absolute Gasteiger partial charge is 0.316 e. The summed E-state index contributed by atoms with van der Waals surface area (Å²) >= 11 is 9.20. The van der Waals surface area contributed by atoms with E-state index in [2.05, 4.69) is 15.9 Å². The van der Waals surface area contributed by atoms with Gasteiger partial charge in [0.2, 0.25) is 10.0 Å². The van der Waals surface area contributed by atoms with E-state index < -0.39 is 33.5 Å². The first-order chi connectivity index (χ1) is 15.0. The van der Waals surface area contributed by atoms with E-state index in [1.165, 1.54) is 0 Å². The van der Waals surface area contributed by atoms with Crippen LogP contribution in [0.5, 0.6) is 0 Å². The Morgan fingerprint density at radius 1 is 1.12 bits per heavy atom. The Hall–Kier alpha value is -1.67. The second-order valence-corrected chi connectivity index (χ2v) is 11.7. The van der Waals surface area contributed by atoms with Crippen LogP contribution < -0.4 is 0 Å². The average molecular weight is 541 g/mol. The molecule has 0 spiro atoms. The molecule has 0 N–H and O–H groups in total. The molecule has 3 rings (SSSR count). The molecule has 172 valence electrons. The second-order valence-electron chi connectivity index (χ2n) is 8.90. The van der Waals surface area contributed by atoms with E-state index in [0.29, 0.717) is 10.6 Å². The predicted octanol–water partition coefficient (Wildman–Crippen LogP) is 5.67. The zero-order valence-electron chi connectivity index (χ0n) is 18.5. The maximum absolute atomic E-state index is 14.1. The van der Waals surface area contributed by atoms with Gasteiger partial charge in [-0.05, 0) is 47.2 Å². The van der Waals surface area contributed by atoms with Crippen LogP contribution in [-0.4, -0.2) is 36.7 Å². The van der Waals surface area contributed by atoms with E-state index in [1.807, 2.05) is 45.0 Å². The molecule has 0 aromatic heterocycles. The quantitative estimate of drug-likeness (QED) is 0.269. The van der Waals surface area contributed by atoms with Crippen LogP contribution in [-0.2, 0) is 19.6 Å². The molecule has 2 aromatic rings. The van der Waals surface area contributed by atoms with Gasteiger partial charge in [0, 0.05) is 11.1 Å². The monoisotopic (exact) mass is 539 g/mol. The van der Waals surface area contributed by atoms with Gasteiger partial charge in [-0.3, -0.25) is 4.79 Å². The van der Waals surface area contributed by atoms with Crippen LogP contribution in [0.15, 0.2) is 65.1 Å². The molecule has 0 amide bonds. The number of carbonyl (C=O) groups is 1. The van der Waals surface area contributed by atoms with Gasteiger partial charge < -0.3 is 4.74 Å². The fraction of sp³-hybridized carbons (Fsp3) is 0.375. The van der Waals surface area contributed by atoms with Gasteiger partial charge in [0.25, 0.3) is 0 Å². The predicted molar refractivity (Wildman–Crippen MR) is 130 cm³/mol. The molecule has 2 aromatic carbocycles. The summed E-state index contributed by atoms with van der Waals surface area (Å²) in [6.45, 7) is 7.80. The highest BCUT2D eigenvalue weighted by Gasteiger charge is 2.48. The number of aryl methyl sites for hydroxylation is 1. The lowest BCUT2D eigenvalue weighted by Gasteiger charge is -2.37. The summed E-state index contributed by atoms with van der Waals surface area (Å²) < 4.78 is 35.1. The van der Waals surface area contributed by atoms with Crippen molar-refractivity contribution in [3.8, 4) is 0 Å². The van der Waals surface area contributed by atoms with Crippen molar-refractivity contribution in [3.05, 3.63) is 76.3 Å². The van der Waals surface area contributed by atoms with E-state index in [0.717, 1.165) is 11.1 Å². The highest BCUT2D eigenvalue weighted by Crippen LogP contribution is 2.46. The Morgan fingerprint density at radius 2 is 1.75 bits per heavy atom. The molecule has 0 fully saturated rings. The zero-order valence-corrected chi connectivity index (χ0v) is 21.7. The van der Waals surface area contributed by atoms with Crippen LogP contribution >= 0.6 is 27.5 Å². The van der Waals surface area contributed by atoms with Gasteiger partial charge in [0.15, 0.2) is 0 Å². The lowest BCUT2D eigenvalue weighted by Crippen LogP contribution is -2.45. The van der Waals surface area contributed by atoms with E-state index in [9.17, 15) is 13.2 Å². The van der Waals surface area contributed by atoms with Crippen molar-refractivity contribution in [1.82, 2.24) is 4.31 Å². The second kappa shape index (κ2) is 9.67. The Kier molecular flexibility index (Phi) is 7.55. The largest absolute Gasteiger partial charge is 0.460 e. The van der Waals surface area contributed by atoms with E-state index in [4.69, 9.17) is 16.3 Å². The van der Waals surface area contributed by atoms with Gasteiger partial charge in [0.05, 0.1) is 10.9 Å². The number of hydrogen-bond donors (Lipinski definition) is 0. The normalized spacial score (nSPS) is 19.6.